The van der Waals surface area contributed by atoms with Crippen molar-refractivity contribution < 1.29 is 9.90 Å². The highest BCUT2D eigenvalue weighted by Crippen LogP contribution is 2.31. The monoisotopic (exact) mass is 183 g/mol. The van der Waals surface area contributed by atoms with Crippen molar-refractivity contribution >= 4 is 5.97 Å². The Kier molecular flexibility index (Phi) is 2.54. The molecule has 1 saturated carbocycles. The van der Waals surface area contributed by atoms with Gasteiger partial charge in [0.2, 0.25) is 0 Å². The summed E-state index contributed by atoms with van der Waals surface area (Å²) in [5.41, 5.74) is 0. The van der Waals surface area contributed by atoms with Gasteiger partial charge in [0, 0.05) is 6.04 Å². The highest BCUT2D eigenvalue weighted by atomic mass is 16.4. The third-order valence-electron chi connectivity index (χ3n) is 3.41. The molecule has 3 nitrogen and oxygen atoms in total. The van der Waals surface area contributed by atoms with Gasteiger partial charge in [-0.05, 0) is 32.4 Å². The average molecular weight is 183 g/mol. The lowest BCUT2D eigenvalue weighted by Gasteiger charge is -2.43. The van der Waals surface area contributed by atoms with Crippen LogP contribution in [-0.2, 0) is 4.79 Å². The maximum Gasteiger partial charge on any atom is 0.308 e. The van der Waals surface area contributed by atoms with E-state index in [1.165, 1.54) is 12.8 Å². The van der Waals surface area contributed by atoms with Gasteiger partial charge in [0.1, 0.15) is 0 Å². The first-order valence-electron chi connectivity index (χ1n) is 5.26. The second-order valence-corrected chi connectivity index (χ2v) is 4.19. The second-order valence-electron chi connectivity index (χ2n) is 4.19. The molecule has 1 heterocycles. The molecular weight excluding hydrogens is 166 g/mol. The first-order chi connectivity index (χ1) is 6.29. The number of hydrogen-bond acceptors (Lipinski definition) is 2. The number of nitrogens with zero attached hydrogens (tertiary/aromatic N) is 1. The van der Waals surface area contributed by atoms with Crippen molar-refractivity contribution in [1.82, 2.24) is 4.90 Å². The van der Waals surface area contributed by atoms with E-state index >= 15 is 0 Å². The van der Waals surface area contributed by atoms with Crippen LogP contribution in [0.15, 0.2) is 0 Å². The van der Waals surface area contributed by atoms with Crippen LogP contribution in [0.4, 0.5) is 0 Å². The number of likely N-dealkylation sites (tertiary alicyclic amines) is 1. The van der Waals surface area contributed by atoms with Gasteiger partial charge in [0.15, 0.2) is 0 Å². The lowest BCUT2D eigenvalue weighted by atomic mass is 9.82. The Morgan fingerprint density at radius 2 is 1.85 bits per heavy atom. The van der Waals surface area contributed by atoms with Gasteiger partial charge in [0.05, 0.1) is 5.92 Å². The smallest absolute Gasteiger partial charge is 0.308 e. The Morgan fingerprint density at radius 1 is 1.15 bits per heavy atom. The lowest BCUT2D eigenvalue weighted by molar-refractivity contribution is -0.146. The third kappa shape index (κ3) is 1.70. The zero-order chi connectivity index (χ0) is 9.26. The van der Waals surface area contributed by atoms with Gasteiger partial charge < -0.3 is 5.11 Å². The lowest BCUT2D eigenvalue weighted by Crippen LogP contribution is -2.51. The van der Waals surface area contributed by atoms with Crippen LogP contribution < -0.4 is 0 Å². The zero-order valence-electron chi connectivity index (χ0n) is 7.91. The van der Waals surface area contributed by atoms with Crippen LogP contribution in [-0.4, -0.2) is 35.1 Å². The van der Waals surface area contributed by atoms with Gasteiger partial charge in [-0.15, -0.1) is 0 Å². The molecule has 2 rings (SSSR count). The van der Waals surface area contributed by atoms with Crippen molar-refractivity contribution in [2.45, 2.75) is 38.1 Å². The maximum absolute atomic E-state index is 11.0. The predicted octanol–water partition coefficient (Wildman–Crippen LogP) is 1.34. The number of hydrogen-bond donors (Lipinski definition) is 1. The topological polar surface area (TPSA) is 40.5 Å². The van der Waals surface area contributed by atoms with Crippen molar-refractivity contribution in [2.24, 2.45) is 5.92 Å². The average Bonchev–Trinajstić information content (AvgIpc) is 2.02. The Balaban J connectivity index is 1.99. The minimum absolute atomic E-state index is 0.0888. The van der Waals surface area contributed by atoms with Crippen molar-refractivity contribution in [2.75, 3.05) is 13.1 Å². The second kappa shape index (κ2) is 3.66. The Morgan fingerprint density at radius 3 is 2.38 bits per heavy atom. The quantitative estimate of drug-likeness (QED) is 0.702. The summed E-state index contributed by atoms with van der Waals surface area (Å²) in [4.78, 5) is 13.3. The molecule has 0 aromatic rings. The standard InChI is InChI=1S/C10H17NO2/c12-10(13)8-4-1-2-5-9(8)11-6-3-7-11/h8-9H,1-7H2,(H,12,13). The van der Waals surface area contributed by atoms with Crippen molar-refractivity contribution in [3.05, 3.63) is 0 Å². The molecule has 1 aliphatic heterocycles. The third-order valence-corrected chi connectivity index (χ3v) is 3.41. The molecule has 74 valence electrons. The molecule has 0 bridgehead atoms. The van der Waals surface area contributed by atoms with Crippen LogP contribution in [0.1, 0.15) is 32.1 Å². The summed E-state index contributed by atoms with van der Waals surface area (Å²) in [7, 11) is 0. The minimum atomic E-state index is -0.586. The summed E-state index contributed by atoms with van der Waals surface area (Å²) in [6.07, 6.45) is 5.54. The number of rotatable bonds is 2. The number of carboxylic acids is 1. The SMILES string of the molecule is O=C(O)C1CCCCC1N1CCC1. The Hall–Kier alpha value is -0.570. The fourth-order valence-corrected chi connectivity index (χ4v) is 2.51. The molecule has 1 aliphatic carbocycles. The largest absolute Gasteiger partial charge is 0.481 e. The number of carboxylic acid groups (broad SMARTS) is 1. The van der Waals surface area contributed by atoms with Gasteiger partial charge in [0.25, 0.3) is 0 Å². The Labute approximate surface area is 78.7 Å². The van der Waals surface area contributed by atoms with Crippen LogP contribution in [0.2, 0.25) is 0 Å². The van der Waals surface area contributed by atoms with E-state index in [1.54, 1.807) is 0 Å². The first-order valence-corrected chi connectivity index (χ1v) is 5.26. The van der Waals surface area contributed by atoms with E-state index < -0.39 is 5.97 Å². The van der Waals surface area contributed by atoms with Gasteiger partial charge >= 0.3 is 5.97 Å². The van der Waals surface area contributed by atoms with Gasteiger partial charge in [-0.2, -0.15) is 0 Å². The minimum Gasteiger partial charge on any atom is -0.481 e. The summed E-state index contributed by atoms with van der Waals surface area (Å²) < 4.78 is 0. The molecule has 2 fully saturated rings. The summed E-state index contributed by atoms with van der Waals surface area (Å²) in [6.45, 7) is 2.24. The molecule has 1 saturated heterocycles. The Bertz CT molecular complexity index is 201. The molecule has 2 atom stereocenters. The van der Waals surface area contributed by atoms with Crippen LogP contribution in [0.5, 0.6) is 0 Å². The van der Waals surface area contributed by atoms with Crippen LogP contribution in [0, 0.1) is 5.92 Å². The summed E-state index contributed by atoms with van der Waals surface area (Å²) in [5, 5.41) is 9.05. The molecule has 2 unspecified atom stereocenters. The highest BCUT2D eigenvalue weighted by Gasteiger charge is 2.36. The number of aliphatic carboxylic acids is 1. The van der Waals surface area contributed by atoms with E-state index in [-0.39, 0.29) is 5.92 Å². The van der Waals surface area contributed by atoms with Crippen molar-refractivity contribution in [3.63, 3.8) is 0 Å². The van der Waals surface area contributed by atoms with Crippen molar-refractivity contribution in [3.8, 4) is 0 Å². The highest BCUT2D eigenvalue weighted by molar-refractivity contribution is 5.71. The van der Waals surface area contributed by atoms with E-state index in [9.17, 15) is 4.79 Å². The molecule has 0 radical (unpaired) electrons. The molecule has 0 aromatic heterocycles. The molecule has 0 aromatic carbocycles. The summed E-state index contributed by atoms with van der Waals surface area (Å²) in [6, 6.07) is 0.347. The van der Waals surface area contributed by atoms with Crippen LogP contribution in [0.25, 0.3) is 0 Å². The van der Waals surface area contributed by atoms with Gasteiger partial charge in [-0.25, -0.2) is 0 Å². The van der Waals surface area contributed by atoms with Crippen molar-refractivity contribution in [1.29, 1.82) is 0 Å². The van der Waals surface area contributed by atoms with Crippen LogP contribution >= 0.6 is 0 Å². The molecule has 13 heavy (non-hydrogen) atoms. The normalized spacial score (nSPS) is 35.4. The maximum atomic E-state index is 11.0. The summed E-state index contributed by atoms with van der Waals surface area (Å²) >= 11 is 0. The van der Waals surface area contributed by atoms with E-state index in [0.29, 0.717) is 6.04 Å². The summed E-state index contributed by atoms with van der Waals surface area (Å²) in [5.74, 6) is -0.675. The predicted molar refractivity (Wildman–Crippen MR) is 49.6 cm³/mol. The molecule has 1 N–H and O–H groups in total. The first kappa shape index (κ1) is 9.00. The fourth-order valence-electron chi connectivity index (χ4n) is 2.51. The van der Waals surface area contributed by atoms with E-state index in [2.05, 4.69) is 4.90 Å². The van der Waals surface area contributed by atoms with E-state index in [4.69, 9.17) is 5.11 Å². The van der Waals surface area contributed by atoms with Crippen LogP contribution in [0.3, 0.4) is 0 Å². The fraction of sp³-hybridized carbons (Fsp3) is 0.900. The molecule has 0 spiro atoms. The molecular formula is C10H17NO2. The zero-order valence-corrected chi connectivity index (χ0v) is 7.91. The van der Waals surface area contributed by atoms with Gasteiger partial charge in [-0.1, -0.05) is 12.8 Å². The molecule has 3 heteroatoms. The van der Waals surface area contributed by atoms with Gasteiger partial charge in [-0.3, -0.25) is 9.69 Å². The molecule has 2 aliphatic rings. The van der Waals surface area contributed by atoms with E-state index in [1.807, 2.05) is 0 Å². The molecule has 0 amide bonds. The number of carbonyl (C=O) groups is 1. The van der Waals surface area contributed by atoms with E-state index in [0.717, 1.165) is 32.4 Å².